The van der Waals surface area contributed by atoms with Crippen molar-refractivity contribution in [2.45, 2.75) is 25.4 Å². The number of carbonyl (C=O) groups excluding carboxylic acids is 3. The topological polar surface area (TPSA) is 79.4 Å². The van der Waals surface area contributed by atoms with Gasteiger partial charge in [-0.2, -0.15) is 0 Å². The number of pyridine rings is 1. The predicted octanol–water partition coefficient (Wildman–Crippen LogP) is 2.80. The van der Waals surface area contributed by atoms with Crippen molar-refractivity contribution in [1.29, 1.82) is 0 Å². The third-order valence-electron chi connectivity index (χ3n) is 5.47. The van der Waals surface area contributed by atoms with Crippen LogP contribution in [0.25, 0.3) is 22.2 Å². The summed E-state index contributed by atoms with van der Waals surface area (Å²) in [5, 5.41) is 3.02. The molecule has 1 N–H and O–H groups in total. The average Bonchev–Trinajstić information content (AvgIpc) is 3.03. The summed E-state index contributed by atoms with van der Waals surface area (Å²) in [6.45, 7) is 0.313. The number of piperidine rings is 1. The standard InChI is InChI=1S/C22H16FN3O3/c23-15-3-6-18-13(10-15)2-5-17(24-18)12-1-4-16-14(9-12)11-26(22(16)29)19-7-8-20(27)25-21(19)28/h1-6,9-10,19H,7-8,11H2,(H,25,27,28). The van der Waals surface area contributed by atoms with E-state index in [4.69, 9.17) is 0 Å². The second-order valence-corrected chi connectivity index (χ2v) is 7.31. The molecule has 7 heteroatoms. The van der Waals surface area contributed by atoms with Crippen LogP contribution in [-0.2, 0) is 16.1 Å². The van der Waals surface area contributed by atoms with Crippen molar-refractivity contribution in [3.8, 4) is 11.3 Å². The summed E-state index contributed by atoms with van der Waals surface area (Å²) in [6.07, 6.45) is 0.559. The SMILES string of the molecule is O=C1CCC(N2Cc3cc(-c4ccc5cc(F)ccc5n4)ccc3C2=O)C(=O)N1. The Morgan fingerprint density at radius 1 is 1.03 bits per heavy atom. The van der Waals surface area contributed by atoms with E-state index in [1.54, 1.807) is 12.1 Å². The molecule has 3 amide bonds. The average molecular weight is 389 g/mol. The van der Waals surface area contributed by atoms with Crippen LogP contribution in [-0.4, -0.2) is 33.6 Å². The Balaban J connectivity index is 1.46. The summed E-state index contributed by atoms with van der Waals surface area (Å²) in [6, 6.07) is 12.9. The van der Waals surface area contributed by atoms with Gasteiger partial charge >= 0.3 is 0 Å². The number of nitrogens with one attached hydrogen (secondary N) is 1. The Morgan fingerprint density at radius 2 is 1.90 bits per heavy atom. The minimum atomic E-state index is -0.634. The maximum atomic E-state index is 13.4. The molecule has 2 aliphatic rings. The maximum Gasteiger partial charge on any atom is 0.255 e. The van der Waals surface area contributed by atoms with E-state index in [1.165, 1.54) is 17.0 Å². The van der Waals surface area contributed by atoms with Crippen molar-refractivity contribution in [2.24, 2.45) is 0 Å². The quantitative estimate of drug-likeness (QED) is 0.684. The van der Waals surface area contributed by atoms with Crippen LogP contribution in [0.15, 0.2) is 48.5 Å². The molecule has 0 aliphatic carbocycles. The minimum Gasteiger partial charge on any atom is -0.322 e. The number of imide groups is 1. The first kappa shape index (κ1) is 17.5. The highest BCUT2D eigenvalue weighted by atomic mass is 19.1. The number of fused-ring (bicyclic) bond motifs is 2. The Morgan fingerprint density at radius 3 is 2.72 bits per heavy atom. The molecule has 0 spiro atoms. The molecule has 6 nitrogen and oxygen atoms in total. The smallest absolute Gasteiger partial charge is 0.255 e. The summed E-state index contributed by atoms with van der Waals surface area (Å²) >= 11 is 0. The van der Waals surface area contributed by atoms with Crippen LogP contribution >= 0.6 is 0 Å². The van der Waals surface area contributed by atoms with Crippen LogP contribution in [0.2, 0.25) is 0 Å². The van der Waals surface area contributed by atoms with Crippen LogP contribution < -0.4 is 5.32 Å². The van der Waals surface area contributed by atoms with Gasteiger partial charge in [0.05, 0.1) is 11.2 Å². The molecular weight excluding hydrogens is 373 g/mol. The van der Waals surface area contributed by atoms with Crippen LogP contribution in [0.4, 0.5) is 4.39 Å². The number of rotatable bonds is 2. The van der Waals surface area contributed by atoms with E-state index in [0.717, 1.165) is 16.8 Å². The van der Waals surface area contributed by atoms with Crippen molar-refractivity contribution in [1.82, 2.24) is 15.2 Å². The van der Waals surface area contributed by atoms with Crippen molar-refractivity contribution >= 4 is 28.6 Å². The number of amides is 3. The number of halogens is 1. The molecule has 0 saturated carbocycles. The fourth-order valence-corrected chi connectivity index (χ4v) is 3.99. The fraction of sp³-hybridized carbons (Fsp3) is 0.182. The molecule has 1 saturated heterocycles. The molecule has 2 aliphatic heterocycles. The molecule has 1 unspecified atom stereocenters. The van der Waals surface area contributed by atoms with Gasteiger partial charge in [-0.05, 0) is 48.4 Å². The van der Waals surface area contributed by atoms with Gasteiger partial charge in [0.25, 0.3) is 5.91 Å². The molecule has 1 atom stereocenters. The van der Waals surface area contributed by atoms with Gasteiger partial charge in [-0.1, -0.05) is 12.1 Å². The number of carbonyl (C=O) groups is 3. The third-order valence-corrected chi connectivity index (χ3v) is 5.47. The second-order valence-electron chi connectivity index (χ2n) is 7.31. The molecule has 2 aromatic carbocycles. The Bertz CT molecular complexity index is 1210. The van der Waals surface area contributed by atoms with Crippen molar-refractivity contribution < 1.29 is 18.8 Å². The van der Waals surface area contributed by atoms with E-state index in [0.29, 0.717) is 29.4 Å². The first-order valence-electron chi connectivity index (χ1n) is 9.34. The van der Waals surface area contributed by atoms with Crippen molar-refractivity contribution in [2.75, 3.05) is 0 Å². The van der Waals surface area contributed by atoms with Crippen molar-refractivity contribution in [3.63, 3.8) is 0 Å². The maximum absolute atomic E-state index is 13.4. The van der Waals surface area contributed by atoms with Crippen LogP contribution in [0.1, 0.15) is 28.8 Å². The molecule has 0 bridgehead atoms. The Hall–Kier alpha value is -3.61. The highest BCUT2D eigenvalue weighted by Gasteiger charge is 2.39. The monoisotopic (exact) mass is 389 g/mol. The Labute approximate surface area is 165 Å². The largest absolute Gasteiger partial charge is 0.322 e. The lowest BCUT2D eigenvalue weighted by molar-refractivity contribution is -0.136. The molecule has 1 aromatic heterocycles. The van der Waals surface area contributed by atoms with E-state index in [2.05, 4.69) is 10.3 Å². The van der Waals surface area contributed by atoms with E-state index in [-0.39, 0.29) is 24.1 Å². The first-order chi connectivity index (χ1) is 14.0. The van der Waals surface area contributed by atoms with Gasteiger partial charge < -0.3 is 4.90 Å². The predicted molar refractivity (Wildman–Crippen MR) is 103 cm³/mol. The Kier molecular flexibility index (Phi) is 3.91. The number of nitrogens with zero attached hydrogens (tertiary/aromatic N) is 2. The molecule has 5 rings (SSSR count). The fourth-order valence-electron chi connectivity index (χ4n) is 3.99. The van der Waals surface area contributed by atoms with Crippen molar-refractivity contribution in [3.05, 3.63) is 65.5 Å². The minimum absolute atomic E-state index is 0.206. The lowest BCUT2D eigenvalue weighted by atomic mass is 10.0. The van der Waals surface area contributed by atoms with Gasteiger partial charge in [0.2, 0.25) is 11.8 Å². The zero-order chi connectivity index (χ0) is 20.1. The summed E-state index contributed by atoms with van der Waals surface area (Å²) in [7, 11) is 0. The highest BCUT2D eigenvalue weighted by molar-refractivity contribution is 6.05. The van der Waals surface area contributed by atoms with Gasteiger partial charge in [-0.3, -0.25) is 19.7 Å². The zero-order valence-corrected chi connectivity index (χ0v) is 15.3. The number of hydrogen-bond donors (Lipinski definition) is 1. The summed E-state index contributed by atoms with van der Waals surface area (Å²) in [5.41, 5.74) is 3.62. The first-order valence-corrected chi connectivity index (χ1v) is 9.34. The summed E-state index contributed by atoms with van der Waals surface area (Å²) in [5.74, 6) is -1.24. The number of aromatic nitrogens is 1. The number of hydrogen-bond acceptors (Lipinski definition) is 4. The molecule has 0 radical (unpaired) electrons. The van der Waals surface area contributed by atoms with Gasteiger partial charge in [-0.15, -0.1) is 0 Å². The van der Waals surface area contributed by atoms with Crippen LogP contribution in [0.5, 0.6) is 0 Å². The normalized spacial score (nSPS) is 18.9. The molecular formula is C22H16FN3O3. The summed E-state index contributed by atoms with van der Waals surface area (Å²) in [4.78, 5) is 42.4. The third kappa shape index (κ3) is 2.95. The molecule has 3 aromatic rings. The molecule has 144 valence electrons. The van der Waals surface area contributed by atoms with E-state index >= 15 is 0 Å². The van der Waals surface area contributed by atoms with Crippen LogP contribution in [0, 0.1) is 5.82 Å². The second kappa shape index (κ2) is 6.48. The molecule has 3 heterocycles. The van der Waals surface area contributed by atoms with Gasteiger partial charge in [-0.25, -0.2) is 9.37 Å². The summed E-state index contributed by atoms with van der Waals surface area (Å²) < 4.78 is 13.4. The van der Waals surface area contributed by atoms with E-state index in [1.807, 2.05) is 24.3 Å². The van der Waals surface area contributed by atoms with Crippen LogP contribution in [0.3, 0.4) is 0 Å². The molecule has 1 fully saturated rings. The van der Waals surface area contributed by atoms with E-state index < -0.39 is 11.9 Å². The highest BCUT2D eigenvalue weighted by Crippen LogP contribution is 2.31. The molecule has 29 heavy (non-hydrogen) atoms. The lowest BCUT2D eigenvalue weighted by Gasteiger charge is -2.29. The van der Waals surface area contributed by atoms with Gasteiger partial charge in [0.1, 0.15) is 11.9 Å². The zero-order valence-electron chi connectivity index (χ0n) is 15.3. The van der Waals surface area contributed by atoms with Gasteiger partial charge in [0.15, 0.2) is 0 Å². The van der Waals surface area contributed by atoms with E-state index in [9.17, 15) is 18.8 Å². The number of benzene rings is 2. The lowest BCUT2D eigenvalue weighted by Crippen LogP contribution is -2.52. The van der Waals surface area contributed by atoms with Gasteiger partial charge in [0, 0.05) is 29.5 Å².